The molecule has 0 spiro atoms. The first-order valence-corrected chi connectivity index (χ1v) is 7.03. The summed E-state index contributed by atoms with van der Waals surface area (Å²) in [5.74, 6) is 1.00. The van der Waals surface area contributed by atoms with E-state index in [2.05, 4.69) is 31.4 Å². The third-order valence-electron chi connectivity index (χ3n) is 3.26. The van der Waals surface area contributed by atoms with Crippen molar-refractivity contribution in [2.45, 2.75) is 18.8 Å². The number of benzene rings is 1. The van der Waals surface area contributed by atoms with E-state index in [0.717, 1.165) is 30.4 Å². The van der Waals surface area contributed by atoms with E-state index < -0.39 is 0 Å². The summed E-state index contributed by atoms with van der Waals surface area (Å²) in [4.78, 5) is 4.39. The van der Waals surface area contributed by atoms with E-state index in [0.29, 0.717) is 17.3 Å². The van der Waals surface area contributed by atoms with Gasteiger partial charge >= 0.3 is 0 Å². The summed E-state index contributed by atoms with van der Waals surface area (Å²) in [5, 5.41) is 7.33. The first-order valence-electron chi connectivity index (χ1n) is 6.24. The topological polar surface area (TPSA) is 51.0 Å². The third-order valence-corrected chi connectivity index (χ3v) is 3.95. The molecule has 1 saturated heterocycles. The predicted octanol–water partition coefficient (Wildman–Crippen LogP) is 3.11. The largest absolute Gasteiger partial charge is 0.334 e. The lowest BCUT2D eigenvalue weighted by atomic mass is 9.99. The van der Waals surface area contributed by atoms with Crippen LogP contribution in [-0.2, 0) is 0 Å². The number of nitrogens with zero attached hydrogens (tertiary/aromatic N) is 2. The molecule has 0 radical (unpaired) electrons. The summed E-state index contributed by atoms with van der Waals surface area (Å²) < 4.78 is 19.3. The maximum absolute atomic E-state index is 13.3. The first kappa shape index (κ1) is 12.7. The zero-order chi connectivity index (χ0) is 13.2. The highest BCUT2D eigenvalue weighted by Gasteiger charge is 2.21. The smallest absolute Gasteiger partial charge is 0.259 e. The highest BCUT2D eigenvalue weighted by Crippen LogP contribution is 2.29. The molecular weight excluding hydrogens is 313 g/mol. The monoisotopic (exact) mass is 325 g/mol. The van der Waals surface area contributed by atoms with Gasteiger partial charge in [-0.25, -0.2) is 4.39 Å². The summed E-state index contributed by atoms with van der Waals surface area (Å²) in [6, 6.07) is 4.41. The van der Waals surface area contributed by atoms with E-state index in [-0.39, 0.29) is 11.7 Å². The SMILES string of the molecule is Fc1ccc(Br)c(-c2nc(C3CCCNC3)no2)c1. The lowest BCUT2D eigenvalue weighted by Crippen LogP contribution is -2.28. The Balaban J connectivity index is 1.89. The second kappa shape index (κ2) is 5.38. The molecule has 19 heavy (non-hydrogen) atoms. The van der Waals surface area contributed by atoms with Crippen molar-refractivity contribution in [2.24, 2.45) is 0 Å². The van der Waals surface area contributed by atoms with Gasteiger partial charge in [0.1, 0.15) is 5.82 Å². The molecule has 1 unspecified atom stereocenters. The Bertz CT molecular complexity index is 581. The van der Waals surface area contributed by atoms with E-state index in [1.165, 1.54) is 12.1 Å². The Morgan fingerprint density at radius 2 is 2.32 bits per heavy atom. The molecule has 6 heteroatoms. The number of rotatable bonds is 2. The van der Waals surface area contributed by atoms with Crippen molar-refractivity contribution < 1.29 is 8.91 Å². The van der Waals surface area contributed by atoms with Gasteiger partial charge in [0.25, 0.3) is 5.89 Å². The van der Waals surface area contributed by atoms with Crippen LogP contribution >= 0.6 is 15.9 Å². The summed E-state index contributed by atoms with van der Waals surface area (Å²) in [6.07, 6.45) is 2.16. The molecule has 2 heterocycles. The van der Waals surface area contributed by atoms with Crippen LogP contribution in [0.25, 0.3) is 11.5 Å². The fraction of sp³-hybridized carbons (Fsp3) is 0.385. The third kappa shape index (κ3) is 2.69. The molecule has 1 aromatic heterocycles. The molecule has 0 amide bonds. The lowest BCUT2D eigenvalue weighted by molar-refractivity contribution is 0.393. The Morgan fingerprint density at radius 1 is 1.42 bits per heavy atom. The average Bonchev–Trinajstić information content (AvgIpc) is 2.92. The van der Waals surface area contributed by atoms with E-state index >= 15 is 0 Å². The van der Waals surface area contributed by atoms with Gasteiger partial charge in [-0.05, 0) is 53.5 Å². The number of nitrogens with one attached hydrogen (secondary N) is 1. The van der Waals surface area contributed by atoms with Crippen LogP contribution in [0.3, 0.4) is 0 Å². The molecular formula is C13H13BrFN3O. The summed E-state index contributed by atoms with van der Waals surface area (Å²) >= 11 is 3.37. The van der Waals surface area contributed by atoms with Crippen molar-refractivity contribution in [3.8, 4) is 11.5 Å². The van der Waals surface area contributed by atoms with E-state index in [1.807, 2.05) is 0 Å². The molecule has 1 atom stereocenters. The van der Waals surface area contributed by atoms with Crippen LogP contribution in [0.2, 0.25) is 0 Å². The molecule has 0 saturated carbocycles. The fourth-order valence-corrected chi connectivity index (χ4v) is 2.66. The highest BCUT2D eigenvalue weighted by molar-refractivity contribution is 9.10. The van der Waals surface area contributed by atoms with Crippen molar-refractivity contribution in [2.75, 3.05) is 13.1 Å². The Hall–Kier alpha value is -1.27. The molecule has 1 aromatic carbocycles. The molecule has 1 aliphatic heterocycles. The molecule has 4 nitrogen and oxygen atoms in total. The number of aromatic nitrogens is 2. The average molecular weight is 326 g/mol. The molecule has 0 aliphatic carbocycles. The number of hydrogen-bond acceptors (Lipinski definition) is 4. The number of halogens is 2. The fourth-order valence-electron chi connectivity index (χ4n) is 2.24. The summed E-state index contributed by atoms with van der Waals surface area (Å²) in [7, 11) is 0. The van der Waals surface area contributed by atoms with Crippen molar-refractivity contribution >= 4 is 15.9 Å². The van der Waals surface area contributed by atoms with Gasteiger partial charge < -0.3 is 9.84 Å². The minimum absolute atomic E-state index is 0.276. The maximum Gasteiger partial charge on any atom is 0.259 e. The van der Waals surface area contributed by atoms with Gasteiger partial charge in [0.2, 0.25) is 0 Å². The van der Waals surface area contributed by atoms with Gasteiger partial charge in [0.05, 0.1) is 5.56 Å². The van der Waals surface area contributed by atoms with Gasteiger partial charge in [-0.1, -0.05) is 5.16 Å². The minimum atomic E-state index is -0.322. The number of hydrogen-bond donors (Lipinski definition) is 1. The maximum atomic E-state index is 13.3. The van der Waals surface area contributed by atoms with Gasteiger partial charge in [0, 0.05) is 16.9 Å². The van der Waals surface area contributed by atoms with E-state index in [1.54, 1.807) is 6.07 Å². The van der Waals surface area contributed by atoms with Crippen LogP contribution in [0.1, 0.15) is 24.6 Å². The van der Waals surface area contributed by atoms with Crippen LogP contribution in [0.5, 0.6) is 0 Å². The van der Waals surface area contributed by atoms with Gasteiger partial charge in [-0.2, -0.15) is 4.98 Å². The Morgan fingerprint density at radius 3 is 3.11 bits per heavy atom. The van der Waals surface area contributed by atoms with Crippen molar-refractivity contribution in [1.82, 2.24) is 15.5 Å². The quantitative estimate of drug-likeness (QED) is 0.921. The molecule has 1 N–H and O–H groups in total. The zero-order valence-corrected chi connectivity index (χ0v) is 11.8. The van der Waals surface area contributed by atoms with Crippen LogP contribution in [-0.4, -0.2) is 23.2 Å². The normalized spacial score (nSPS) is 19.6. The second-order valence-corrected chi connectivity index (χ2v) is 5.48. The van der Waals surface area contributed by atoms with Gasteiger partial charge in [-0.3, -0.25) is 0 Å². The Kier molecular flexibility index (Phi) is 3.61. The lowest BCUT2D eigenvalue weighted by Gasteiger charge is -2.19. The molecule has 3 rings (SSSR count). The first-order chi connectivity index (χ1) is 9.24. The van der Waals surface area contributed by atoms with Crippen LogP contribution in [0.15, 0.2) is 27.2 Å². The van der Waals surface area contributed by atoms with Crippen molar-refractivity contribution in [3.63, 3.8) is 0 Å². The van der Waals surface area contributed by atoms with E-state index in [4.69, 9.17) is 4.52 Å². The zero-order valence-electron chi connectivity index (χ0n) is 10.2. The standard InChI is InChI=1S/C13H13BrFN3O/c14-11-4-3-9(15)6-10(11)13-17-12(18-19-13)8-2-1-5-16-7-8/h3-4,6,8,16H,1-2,5,7H2. The van der Waals surface area contributed by atoms with Crippen molar-refractivity contribution in [1.29, 1.82) is 0 Å². The number of piperidine rings is 1. The molecule has 1 aliphatic rings. The molecule has 100 valence electrons. The highest BCUT2D eigenvalue weighted by atomic mass is 79.9. The summed E-state index contributed by atoms with van der Waals surface area (Å²) in [5.41, 5.74) is 0.586. The van der Waals surface area contributed by atoms with Crippen LogP contribution in [0, 0.1) is 5.82 Å². The summed E-state index contributed by atoms with van der Waals surface area (Å²) in [6.45, 7) is 1.90. The van der Waals surface area contributed by atoms with Gasteiger partial charge in [-0.15, -0.1) is 0 Å². The minimum Gasteiger partial charge on any atom is -0.334 e. The van der Waals surface area contributed by atoms with E-state index in [9.17, 15) is 4.39 Å². The van der Waals surface area contributed by atoms with Gasteiger partial charge in [0.15, 0.2) is 5.82 Å². The predicted molar refractivity (Wildman–Crippen MR) is 72.2 cm³/mol. The van der Waals surface area contributed by atoms with Crippen LogP contribution < -0.4 is 5.32 Å². The van der Waals surface area contributed by atoms with Crippen molar-refractivity contribution in [3.05, 3.63) is 34.3 Å². The molecule has 1 fully saturated rings. The second-order valence-electron chi connectivity index (χ2n) is 4.63. The Labute approximate surface area is 118 Å². The molecule has 2 aromatic rings. The molecule has 0 bridgehead atoms. The van der Waals surface area contributed by atoms with Crippen LogP contribution in [0.4, 0.5) is 4.39 Å².